The van der Waals surface area contributed by atoms with E-state index in [0.717, 1.165) is 11.3 Å². The van der Waals surface area contributed by atoms with E-state index in [-0.39, 0.29) is 22.9 Å². The van der Waals surface area contributed by atoms with Gasteiger partial charge in [-0.25, -0.2) is 4.98 Å². The SMILES string of the molecule is CCN(C(=O)CC(C)(C)C)C(C)c1nc2ccccc2c(=O)n1-c1cccc(C)c1. The standard InChI is InChI=1S/C25H31N3O2/c1-7-27(22(29)16-25(4,5)6)18(3)23-26-21-14-9-8-13-20(21)24(30)28(23)19-12-10-11-17(2)15-19/h8-15,18H,7,16H2,1-6H3. The molecule has 0 fully saturated rings. The molecule has 158 valence electrons. The summed E-state index contributed by atoms with van der Waals surface area (Å²) in [5.41, 5.74) is 2.23. The molecule has 0 bridgehead atoms. The number of amides is 1. The first-order valence-corrected chi connectivity index (χ1v) is 10.5. The molecule has 0 aliphatic rings. The lowest BCUT2D eigenvalue weighted by Crippen LogP contribution is -2.38. The van der Waals surface area contributed by atoms with E-state index in [0.29, 0.717) is 29.7 Å². The number of benzene rings is 2. The zero-order valence-electron chi connectivity index (χ0n) is 18.8. The second kappa shape index (κ2) is 8.42. The van der Waals surface area contributed by atoms with E-state index in [4.69, 9.17) is 4.98 Å². The van der Waals surface area contributed by atoms with Crippen LogP contribution in [-0.2, 0) is 4.79 Å². The average Bonchev–Trinajstić information content (AvgIpc) is 2.67. The highest BCUT2D eigenvalue weighted by atomic mass is 16.2. The zero-order valence-corrected chi connectivity index (χ0v) is 18.8. The van der Waals surface area contributed by atoms with Crippen LogP contribution in [0.1, 0.15) is 58.5 Å². The fraction of sp³-hybridized carbons (Fsp3) is 0.400. The molecular formula is C25H31N3O2. The quantitative estimate of drug-likeness (QED) is 0.597. The number of hydrogen-bond donors (Lipinski definition) is 0. The summed E-state index contributed by atoms with van der Waals surface area (Å²) in [4.78, 5) is 33.2. The van der Waals surface area contributed by atoms with Gasteiger partial charge in [-0.3, -0.25) is 14.2 Å². The Morgan fingerprint density at radius 3 is 2.47 bits per heavy atom. The van der Waals surface area contributed by atoms with Gasteiger partial charge in [0.05, 0.1) is 22.6 Å². The van der Waals surface area contributed by atoms with Gasteiger partial charge in [0.2, 0.25) is 5.91 Å². The number of aromatic nitrogens is 2. The molecule has 3 aromatic rings. The highest BCUT2D eigenvalue weighted by Gasteiger charge is 2.28. The third kappa shape index (κ3) is 4.45. The Balaban J connectivity index is 2.22. The van der Waals surface area contributed by atoms with Crippen molar-refractivity contribution < 1.29 is 4.79 Å². The molecule has 1 atom stereocenters. The van der Waals surface area contributed by atoms with Gasteiger partial charge in [0.1, 0.15) is 5.82 Å². The Labute approximate surface area is 178 Å². The molecule has 5 nitrogen and oxygen atoms in total. The van der Waals surface area contributed by atoms with E-state index >= 15 is 0 Å². The van der Waals surface area contributed by atoms with Crippen LogP contribution in [-0.4, -0.2) is 26.9 Å². The summed E-state index contributed by atoms with van der Waals surface area (Å²) in [6.45, 7) is 12.6. The number of carbonyl (C=O) groups is 1. The number of fused-ring (bicyclic) bond motifs is 1. The minimum Gasteiger partial charge on any atom is -0.333 e. The van der Waals surface area contributed by atoms with Crippen LogP contribution in [0.25, 0.3) is 16.6 Å². The summed E-state index contributed by atoms with van der Waals surface area (Å²) in [6.07, 6.45) is 0.438. The smallest absolute Gasteiger partial charge is 0.266 e. The zero-order chi connectivity index (χ0) is 22.1. The maximum Gasteiger partial charge on any atom is 0.266 e. The van der Waals surface area contributed by atoms with Crippen LogP contribution in [0.3, 0.4) is 0 Å². The van der Waals surface area contributed by atoms with Gasteiger partial charge in [-0.2, -0.15) is 0 Å². The fourth-order valence-electron chi connectivity index (χ4n) is 3.81. The Hall–Kier alpha value is -2.95. The third-order valence-electron chi connectivity index (χ3n) is 5.25. The first-order valence-electron chi connectivity index (χ1n) is 10.5. The van der Waals surface area contributed by atoms with Crippen molar-refractivity contribution in [3.8, 4) is 5.69 Å². The molecular weight excluding hydrogens is 374 g/mol. The summed E-state index contributed by atoms with van der Waals surface area (Å²) in [5, 5.41) is 0.569. The molecule has 0 saturated heterocycles. The van der Waals surface area contributed by atoms with Gasteiger partial charge >= 0.3 is 0 Å². The monoisotopic (exact) mass is 405 g/mol. The summed E-state index contributed by atoms with van der Waals surface area (Å²) in [6, 6.07) is 14.8. The Kier molecular flexibility index (Phi) is 6.11. The summed E-state index contributed by atoms with van der Waals surface area (Å²) in [5.74, 6) is 0.643. The Morgan fingerprint density at radius 2 is 1.83 bits per heavy atom. The van der Waals surface area contributed by atoms with E-state index in [1.54, 1.807) is 10.6 Å². The van der Waals surface area contributed by atoms with Crippen molar-refractivity contribution in [2.45, 2.75) is 54.0 Å². The molecule has 30 heavy (non-hydrogen) atoms. The third-order valence-corrected chi connectivity index (χ3v) is 5.25. The Morgan fingerprint density at radius 1 is 1.13 bits per heavy atom. The molecule has 0 N–H and O–H groups in total. The van der Waals surface area contributed by atoms with Crippen LogP contribution in [0.2, 0.25) is 0 Å². The molecule has 1 amide bonds. The fourth-order valence-corrected chi connectivity index (χ4v) is 3.81. The molecule has 3 rings (SSSR count). The lowest BCUT2D eigenvalue weighted by Gasteiger charge is -2.31. The van der Waals surface area contributed by atoms with Crippen molar-refractivity contribution in [2.24, 2.45) is 5.41 Å². The lowest BCUT2D eigenvalue weighted by molar-refractivity contribution is -0.135. The molecule has 0 radical (unpaired) electrons. The predicted molar refractivity (Wildman–Crippen MR) is 122 cm³/mol. The van der Waals surface area contributed by atoms with Crippen LogP contribution in [0.5, 0.6) is 0 Å². The van der Waals surface area contributed by atoms with Crippen LogP contribution >= 0.6 is 0 Å². The van der Waals surface area contributed by atoms with Gasteiger partial charge in [0.15, 0.2) is 0 Å². The van der Waals surface area contributed by atoms with Crippen molar-refractivity contribution in [1.82, 2.24) is 14.5 Å². The van der Waals surface area contributed by atoms with Gasteiger partial charge in [0.25, 0.3) is 5.56 Å². The van der Waals surface area contributed by atoms with Crippen LogP contribution in [0, 0.1) is 12.3 Å². The highest BCUT2D eigenvalue weighted by molar-refractivity contribution is 5.79. The van der Waals surface area contributed by atoms with Gasteiger partial charge < -0.3 is 4.90 Å². The minimum atomic E-state index is -0.345. The number of para-hydroxylation sites is 1. The number of aryl methyl sites for hydroxylation is 1. The highest BCUT2D eigenvalue weighted by Crippen LogP contribution is 2.26. The molecule has 0 aliphatic heterocycles. The first-order chi connectivity index (χ1) is 14.1. The van der Waals surface area contributed by atoms with Crippen LogP contribution in [0.4, 0.5) is 0 Å². The van der Waals surface area contributed by atoms with Crippen molar-refractivity contribution in [2.75, 3.05) is 6.54 Å². The molecule has 1 heterocycles. The van der Waals surface area contributed by atoms with Crippen molar-refractivity contribution >= 4 is 16.8 Å². The summed E-state index contributed by atoms with van der Waals surface area (Å²) >= 11 is 0. The van der Waals surface area contributed by atoms with Gasteiger partial charge in [-0.1, -0.05) is 45.0 Å². The molecule has 0 saturated carbocycles. The predicted octanol–water partition coefficient (Wildman–Crippen LogP) is 5.04. The maximum atomic E-state index is 13.5. The lowest BCUT2D eigenvalue weighted by atomic mass is 9.91. The maximum absolute atomic E-state index is 13.5. The van der Waals surface area contributed by atoms with E-state index < -0.39 is 0 Å². The largest absolute Gasteiger partial charge is 0.333 e. The molecule has 1 unspecified atom stereocenters. The van der Waals surface area contributed by atoms with E-state index in [1.807, 2.05) is 68.1 Å². The Bertz CT molecular complexity index is 1130. The second-order valence-electron chi connectivity index (χ2n) is 9.06. The summed E-state index contributed by atoms with van der Waals surface area (Å²) in [7, 11) is 0. The molecule has 0 spiro atoms. The number of rotatable bonds is 5. The second-order valence-corrected chi connectivity index (χ2v) is 9.06. The van der Waals surface area contributed by atoms with E-state index in [2.05, 4.69) is 20.8 Å². The van der Waals surface area contributed by atoms with Gasteiger partial charge in [-0.15, -0.1) is 0 Å². The molecule has 0 aliphatic carbocycles. The van der Waals surface area contributed by atoms with Crippen LogP contribution in [0.15, 0.2) is 53.3 Å². The van der Waals surface area contributed by atoms with Gasteiger partial charge in [-0.05, 0) is 56.0 Å². The minimum absolute atomic E-state index is 0.0655. The number of hydrogen-bond acceptors (Lipinski definition) is 3. The average molecular weight is 406 g/mol. The van der Waals surface area contributed by atoms with Crippen molar-refractivity contribution in [1.29, 1.82) is 0 Å². The first kappa shape index (κ1) is 21.8. The van der Waals surface area contributed by atoms with Gasteiger partial charge in [0, 0.05) is 13.0 Å². The number of nitrogens with zero attached hydrogens (tertiary/aromatic N) is 3. The summed E-state index contributed by atoms with van der Waals surface area (Å²) < 4.78 is 1.66. The molecule has 1 aromatic heterocycles. The van der Waals surface area contributed by atoms with Crippen LogP contribution < -0.4 is 5.56 Å². The normalized spacial score (nSPS) is 12.7. The molecule has 2 aromatic carbocycles. The van der Waals surface area contributed by atoms with E-state index in [1.165, 1.54) is 0 Å². The topological polar surface area (TPSA) is 55.2 Å². The van der Waals surface area contributed by atoms with Crippen molar-refractivity contribution in [3.63, 3.8) is 0 Å². The van der Waals surface area contributed by atoms with E-state index in [9.17, 15) is 9.59 Å². The van der Waals surface area contributed by atoms with Crippen molar-refractivity contribution in [3.05, 3.63) is 70.3 Å². The molecule has 5 heteroatoms. The number of carbonyl (C=O) groups excluding carboxylic acids is 1.